The molecular weight excluding hydrogens is 270 g/mol. The van der Waals surface area contributed by atoms with E-state index in [2.05, 4.69) is 10.2 Å². The van der Waals surface area contributed by atoms with Gasteiger partial charge in [-0.25, -0.2) is 4.79 Å². The number of nitriles is 1. The number of nitrogens with zero attached hydrogens (tertiary/aromatic N) is 3. The minimum Gasteiger partial charge on any atom is -0.444 e. The summed E-state index contributed by atoms with van der Waals surface area (Å²) in [7, 11) is 0. The number of hydrogen-bond acceptors (Lipinski definition) is 4. The number of alkyl halides is 2. The lowest BCUT2D eigenvalue weighted by atomic mass is 10.0. The van der Waals surface area contributed by atoms with Gasteiger partial charge >= 0.3 is 12.0 Å². The molecule has 0 bridgehead atoms. The number of rotatable bonds is 0. The zero-order valence-electron chi connectivity index (χ0n) is 11.3. The van der Waals surface area contributed by atoms with Gasteiger partial charge in [-0.3, -0.25) is 10.00 Å². The second-order valence-corrected chi connectivity index (χ2v) is 5.58. The first-order valence-corrected chi connectivity index (χ1v) is 5.97. The van der Waals surface area contributed by atoms with Gasteiger partial charge in [-0.05, 0) is 20.8 Å². The van der Waals surface area contributed by atoms with Crippen molar-refractivity contribution in [3.63, 3.8) is 0 Å². The SMILES string of the molecule is CC(C)(C)OC(=O)N1Cc2c(C#N)n[nH]c2C(F)(F)C1. The van der Waals surface area contributed by atoms with E-state index in [-0.39, 0.29) is 17.8 Å². The van der Waals surface area contributed by atoms with E-state index in [9.17, 15) is 13.6 Å². The zero-order valence-corrected chi connectivity index (χ0v) is 11.3. The van der Waals surface area contributed by atoms with E-state index < -0.39 is 29.9 Å². The summed E-state index contributed by atoms with van der Waals surface area (Å²) >= 11 is 0. The molecule has 1 amide bonds. The summed E-state index contributed by atoms with van der Waals surface area (Å²) in [6.07, 6.45) is -0.840. The van der Waals surface area contributed by atoms with E-state index in [1.54, 1.807) is 26.8 Å². The van der Waals surface area contributed by atoms with Gasteiger partial charge in [0.1, 0.15) is 17.4 Å². The van der Waals surface area contributed by atoms with Gasteiger partial charge in [0.05, 0.1) is 13.1 Å². The molecule has 1 aliphatic heterocycles. The lowest BCUT2D eigenvalue weighted by Gasteiger charge is -2.33. The molecule has 0 aliphatic carbocycles. The van der Waals surface area contributed by atoms with Crippen LogP contribution in [0, 0.1) is 11.3 Å². The fourth-order valence-corrected chi connectivity index (χ4v) is 1.94. The molecule has 0 saturated heterocycles. The summed E-state index contributed by atoms with van der Waals surface area (Å²) in [6, 6.07) is 1.73. The molecule has 0 saturated carbocycles. The highest BCUT2D eigenvalue weighted by Gasteiger charge is 2.45. The number of halogens is 2. The average molecular weight is 284 g/mol. The van der Waals surface area contributed by atoms with Crippen LogP contribution in [-0.4, -0.2) is 33.3 Å². The van der Waals surface area contributed by atoms with Crippen LogP contribution in [0.2, 0.25) is 0 Å². The third-order valence-electron chi connectivity index (χ3n) is 2.73. The highest BCUT2D eigenvalue weighted by Crippen LogP contribution is 2.36. The van der Waals surface area contributed by atoms with Crippen molar-refractivity contribution in [2.75, 3.05) is 6.54 Å². The minimum atomic E-state index is -3.29. The maximum absolute atomic E-state index is 14.0. The largest absolute Gasteiger partial charge is 0.444 e. The van der Waals surface area contributed by atoms with Crippen LogP contribution in [0.5, 0.6) is 0 Å². The standard InChI is InChI=1S/C12H14F2N4O2/c1-11(2,3)20-10(19)18-5-7-8(4-15)16-17-9(7)12(13,14)6-18/h5-6H2,1-3H3,(H,16,17). The Kier molecular flexibility index (Phi) is 3.16. The second-order valence-electron chi connectivity index (χ2n) is 5.58. The molecule has 2 heterocycles. The predicted molar refractivity (Wildman–Crippen MR) is 63.8 cm³/mol. The van der Waals surface area contributed by atoms with Crippen LogP contribution in [0.4, 0.5) is 13.6 Å². The Morgan fingerprint density at radius 3 is 2.75 bits per heavy atom. The maximum Gasteiger partial charge on any atom is 0.410 e. The molecule has 1 aliphatic rings. The van der Waals surface area contributed by atoms with Gasteiger partial charge in [0.2, 0.25) is 0 Å². The smallest absolute Gasteiger partial charge is 0.410 e. The molecule has 1 aromatic rings. The third-order valence-corrected chi connectivity index (χ3v) is 2.73. The summed E-state index contributed by atoms with van der Waals surface area (Å²) in [6.45, 7) is 4.02. The Bertz CT molecular complexity index is 583. The Morgan fingerprint density at radius 1 is 1.55 bits per heavy atom. The first-order chi connectivity index (χ1) is 9.14. The first kappa shape index (κ1) is 14.2. The van der Waals surface area contributed by atoms with Gasteiger partial charge in [0, 0.05) is 5.56 Å². The first-order valence-electron chi connectivity index (χ1n) is 5.97. The molecule has 6 nitrogen and oxygen atoms in total. The lowest BCUT2D eigenvalue weighted by molar-refractivity contribution is -0.0619. The molecule has 0 spiro atoms. The van der Waals surface area contributed by atoms with Gasteiger partial charge in [-0.2, -0.15) is 19.1 Å². The van der Waals surface area contributed by atoms with Gasteiger partial charge in [0.25, 0.3) is 0 Å². The van der Waals surface area contributed by atoms with Crippen LogP contribution >= 0.6 is 0 Å². The van der Waals surface area contributed by atoms with E-state index in [1.165, 1.54) is 0 Å². The molecule has 0 unspecified atom stereocenters. The van der Waals surface area contributed by atoms with Crippen molar-refractivity contribution < 1.29 is 18.3 Å². The fourth-order valence-electron chi connectivity index (χ4n) is 1.94. The van der Waals surface area contributed by atoms with E-state index in [0.29, 0.717) is 0 Å². The quantitative estimate of drug-likeness (QED) is 0.791. The normalized spacial score (nSPS) is 17.3. The van der Waals surface area contributed by atoms with Gasteiger partial charge in [0.15, 0.2) is 5.69 Å². The number of nitrogens with one attached hydrogen (secondary N) is 1. The topological polar surface area (TPSA) is 82.0 Å². The number of carbonyl (C=O) groups excluding carboxylic acids is 1. The Hall–Kier alpha value is -2.17. The molecule has 1 N–H and O–H groups in total. The Labute approximate surface area is 114 Å². The van der Waals surface area contributed by atoms with Gasteiger partial charge < -0.3 is 4.74 Å². The van der Waals surface area contributed by atoms with Crippen molar-refractivity contribution in [2.45, 2.75) is 38.8 Å². The van der Waals surface area contributed by atoms with E-state index in [0.717, 1.165) is 4.90 Å². The van der Waals surface area contributed by atoms with Crippen LogP contribution < -0.4 is 0 Å². The molecule has 0 fully saturated rings. The molecule has 20 heavy (non-hydrogen) atoms. The van der Waals surface area contributed by atoms with E-state index in [1.807, 2.05) is 0 Å². The van der Waals surface area contributed by atoms with Crippen LogP contribution in [0.25, 0.3) is 0 Å². The van der Waals surface area contributed by atoms with Crippen molar-refractivity contribution in [2.24, 2.45) is 0 Å². The number of aromatic nitrogens is 2. The number of carbonyl (C=O) groups is 1. The highest BCUT2D eigenvalue weighted by molar-refractivity contribution is 5.69. The number of aromatic amines is 1. The zero-order chi connectivity index (χ0) is 15.1. The minimum absolute atomic E-state index is 0.0367. The van der Waals surface area contributed by atoms with Gasteiger partial charge in [-0.15, -0.1) is 0 Å². The van der Waals surface area contributed by atoms with Crippen molar-refractivity contribution >= 4 is 6.09 Å². The third kappa shape index (κ3) is 2.57. The van der Waals surface area contributed by atoms with Gasteiger partial charge in [-0.1, -0.05) is 0 Å². The summed E-state index contributed by atoms with van der Waals surface area (Å²) in [5, 5.41) is 14.6. The Morgan fingerprint density at radius 2 is 2.20 bits per heavy atom. The van der Waals surface area contributed by atoms with Crippen molar-refractivity contribution in [3.05, 3.63) is 17.0 Å². The van der Waals surface area contributed by atoms with Crippen LogP contribution in [0.1, 0.15) is 37.7 Å². The number of ether oxygens (including phenoxy) is 1. The molecule has 0 atom stereocenters. The van der Waals surface area contributed by atoms with E-state index >= 15 is 0 Å². The highest BCUT2D eigenvalue weighted by atomic mass is 19.3. The second kappa shape index (κ2) is 4.44. The predicted octanol–water partition coefficient (Wildman–Crippen LogP) is 2.12. The fraction of sp³-hybridized carbons (Fsp3) is 0.583. The van der Waals surface area contributed by atoms with Crippen LogP contribution in [-0.2, 0) is 17.2 Å². The van der Waals surface area contributed by atoms with E-state index in [4.69, 9.17) is 10.00 Å². The summed E-state index contributed by atoms with van der Waals surface area (Å²) in [5.74, 6) is -3.29. The Balaban J connectivity index is 2.30. The summed E-state index contributed by atoms with van der Waals surface area (Å²) in [4.78, 5) is 12.8. The van der Waals surface area contributed by atoms with Crippen LogP contribution in [0.15, 0.2) is 0 Å². The molecule has 108 valence electrons. The monoisotopic (exact) mass is 284 g/mol. The molecule has 0 radical (unpaired) electrons. The number of fused-ring (bicyclic) bond motifs is 1. The van der Waals surface area contributed by atoms with Crippen molar-refractivity contribution in [1.82, 2.24) is 15.1 Å². The van der Waals surface area contributed by atoms with Crippen molar-refractivity contribution in [1.29, 1.82) is 5.26 Å². The molecule has 0 aromatic carbocycles. The molecule has 2 rings (SSSR count). The van der Waals surface area contributed by atoms with Crippen LogP contribution in [0.3, 0.4) is 0 Å². The molecule has 8 heteroatoms. The average Bonchev–Trinajstić information content (AvgIpc) is 2.69. The van der Waals surface area contributed by atoms with Crippen molar-refractivity contribution in [3.8, 4) is 6.07 Å². The summed E-state index contributed by atoms with van der Waals surface area (Å²) in [5.41, 5.74) is -1.28. The summed E-state index contributed by atoms with van der Waals surface area (Å²) < 4.78 is 33.0. The number of amides is 1. The molecule has 1 aromatic heterocycles. The number of H-pyrrole nitrogens is 1. The maximum atomic E-state index is 14.0. The number of hydrogen-bond donors (Lipinski definition) is 1. The lowest BCUT2D eigenvalue weighted by Crippen LogP contribution is -2.45. The molecular formula is C12H14F2N4O2.